The molecule has 0 atom stereocenters. The van der Waals surface area contributed by atoms with Gasteiger partial charge in [-0.3, -0.25) is 4.79 Å². The molecule has 0 unspecified atom stereocenters. The van der Waals surface area contributed by atoms with Gasteiger partial charge in [0.05, 0.1) is 0 Å². The Bertz CT molecular complexity index is 182. The molecule has 56 valence electrons. The second-order valence-electron chi connectivity index (χ2n) is 2.63. The van der Waals surface area contributed by atoms with Gasteiger partial charge in [-0.25, -0.2) is 0 Å². The van der Waals surface area contributed by atoms with Gasteiger partial charge in [-0.1, -0.05) is 6.92 Å². The molecule has 0 saturated heterocycles. The summed E-state index contributed by atoms with van der Waals surface area (Å²) in [6.07, 6.45) is 3.41. The van der Waals surface area contributed by atoms with Gasteiger partial charge in [0.15, 0.2) is 5.78 Å². The molecule has 0 aromatic carbocycles. The number of ketones is 1. The Kier molecular flexibility index (Phi) is 2.10. The quantitative estimate of drug-likeness (QED) is 0.557. The third kappa shape index (κ3) is 1.20. The average Bonchev–Trinajstić information content (AvgIpc) is 2.34. The first kappa shape index (κ1) is 7.32. The summed E-state index contributed by atoms with van der Waals surface area (Å²) < 4.78 is 0. The molecule has 0 spiro atoms. The van der Waals surface area contributed by atoms with Crippen LogP contribution in [0.3, 0.4) is 0 Å². The van der Waals surface area contributed by atoms with Crippen LogP contribution in [0.5, 0.6) is 0 Å². The van der Waals surface area contributed by atoms with Gasteiger partial charge >= 0.3 is 0 Å². The summed E-state index contributed by atoms with van der Waals surface area (Å²) in [5.41, 5.74) is 7.31. The first-order valence-electron chi connectivity index (χ1n) is 3.76. The van der Waals surface area contributed by atoms with Gasteiger partial charge in [0.25, 0.3) is 0 Å². The first-order chi connectivity index (χ1) is 4.75. The monoisotopic (exact) mass is 139 g/mol. The zero-order chi connectivity index (χ0) is 7.56. The van der Waals surface area contributed by atoms with Crippen molar-refractivity contribution in [3.05, 3.63) is 11.3 Å². The van der Waals surface area contributed by atoms with Gasteiger partial charge < -0.3 is 5.73 Å². The van der Waals surface area contributed by atoms with Gasteiger partial charge in [-0.05, 0) is 19.3 Å². The van der Waals surface area contributed by atoms with E-state index in [-0.39, 0.29) is 5.78 Å². The van der Waals surface area contributed by atoms with Crippen molar-refractivity contribution in [3.63, 3.8) is 0 Å². The van der Waals surface area contributed by atoms with Gasteiger partial charge in [-0.2, -0.15) is 0 Å². The van der Waals surface area contributed by atoms with E-state index in [2.05, 4.69) is 0 Å². The molecule has 2 nitrogen and oxygen atoms in total. The zero-order valence-electron chi connectivity index (χ0n) is 6.31. The Morgan fingerprint density at radius 3 is 2.70 bits per heavy atom. The molecule has 1 aliphatic carbocycles. The van der Waals surface area contributed by atoms with Crippen LogP contribution in [-0.2, 0) is 4.79 Å². The topological polar surface area (TPSA) is 43.1 Å². The molecule has 0 aromatic rings. The van der Waals surface area contributed by atoms with E-state index >= 15 is 0 Å². The molecule has 1 rings (SSSR count). The van der Waals surface area contributed by atoms with E-state index in [1.807, 2.05) is 6.92 Å². The van der Waals surface area contributed by atoms with E-state index in [0.29, 0.717) is 6.42 Å². The van der Waals surface area contributed by atoms with Crippen LogP contribution in [0.25, 0.3) is 0 Å². The van der Waals surface area contributed by atoms with Crippen molar-refractivity contribution in [1.82, 2.24) is 0 Å². The second-order valence-corrected chi connectivity index (χ2v) is 2.63. The van der Waals surface area contributed by atoms with Crippen LogP contribution in [0.15, 0.2) is 11.3 Å². The Hall–Kier alpha value is -0.790. The molecule has 0 aromatic heterocycles. The minimum atomic E-state index is 0.263. The van der Waals surface area contributed by atoms with Crippen LogP contribution < -0.4 is 5.73 Å². The predicted molar refractivity (Wildman–Crippen MR) is 40.4 cm³/mol. The van der Waals surface area contributed by atoms with Crippen LogP contribution in [-0.4, -0.2) is 5.78 Å². The summed E-state index contributed by atoms with van der Waals surface area (Å²) in [5, 5.41) is 0. The number of rotatable bonds is 1. The van der Waals surface area contributed by atoms with Crippen molar-refractivity contribution >= 4 is 5.78 Å². The molecular formula is C8H13NO. The lowest BCUT2D eigenvalue weighted by molar-refractivity contribution is -0.114. The lowest BCUT2D eigenvalue weighted by atomic mass is 10.1. The minimum absolute atomic E-state index is 0.263. The molecule has 0 bridgehead atoms. The lowest BCUT2D eigenvalue weighted by Crippen LogP contribution is -2.04. The number of allylic oxidation sites excluding steroid dienone is 2. The second kappa shape index (κ2) is 2.86. The molecule has 1 aliphatic rings. The zero-order valence-corrected chi connectivity index (χ0v) is 6.31. The summed E-state index contributed by atoms with van der Waals surface area (Å²) in [4.78, 5) is 11.0. The fraction of sp³-hybridized carbons (Fsp3) is 0.625. The van der Waals surface area contributed by atoms with Crippen LogP contribution >= 0.6 is 0 Å². The maximum atomic E-state index is 11.0. The van der Waals surface area contributed by atoms with Crippen molar-refractivity contribution in [2.24, 2.45) is 5.73 Å². The standard InChI is InChI=1S/C8H13NO/c1-2-7(9)6-4-3-5-8(6)10/h2-5,9H2,1H3/b7-6-. The highest BCUT2D eigenvalue weighted by atomic mass is 16.1. The summed E-state index contributed by atoms with van der Waals surface area (Å²) in [6, 6.07) is 0. The Morgan fingerprint density at radius 2 is 2.30 bits per heavy atom. The van der Waals surface area contributed by atoms with Crippen LogP contribution in [0.1, 0.15) is 32.6 Å². The SMILES string of the molecule is CC/C(N)=C1\CCCC1=O. The highest BCUT2D eigenvalue weighted by Gasteiger charge is 2.18. The van der Waals surface area contributed by atoms with E-state index < -0.39 is 0 Å². The van der Waals surface area contributed by atoms with Crippen LogP contribution in [0, 0.1) is 0 Å². The lowest BCUT2D eigenvalue weighted by Gasteiger charge is -1.99. The van der Waals surface area contributed by atoms with Gasteiger partial charge in [0.2, 0.25) is 0 Å². The highest BCUT2D eigenvalue weighted by molar-refractivity contribution is 5.97. The molecule has 10 heavy (non-hydrogen) atoms. The van der Waals surface area contributed by atoms with Crippen LogP contribution in [0.2, 0.25) is 0 Å². The van der Waals surface area contributed by atoms with E-state index in [9.17, 15) is 4.79 Å². The number of hydrogen-bond acceptors (Lipinski definition) is 2. The Balaban J connectivity index is 2.79. The Morgan fingerprint density at radius 1 is 1.60 bits per heavy atom. The normalized spacial score (nSPS) is 23.5. The number of carbonyl (C=O) groups excluding carboxylic acids is 1. The van der Waals surface area contributed by atoms with Crippen LogP contribution in [0.4, 0.5) is 0 Å². The van der Waals surface area contributed by atoms with Crippen molar-refractivity contribution in [1.29, 1.82) is 0 Å². The van der Waals surface area contributed by atoms with Gasteiger partial charge in [-0.15, -0.1) is 0 Å². The minimum Gasteiger partial charge on any atom is -0.402 e. The van der Waals surface area contributed by atoms with Crippen molar-refractivity contribution in [3.8, 4) is 0 Å². The van der Waals surface area contributed by atoms with Crippen molar-refractivity contribution in [2.45, 2.75) is 32.6 Å². The average molecular weight is 139 g/mol. The molecule has 1 fully saturated rings. The summed E-state index contributed by atoms with van der Waals surface area (Å²) in [5.74, 6) is 0.263. The summed E-state index contributed by atoms with van der Waals surface area (Å²) in [6.45, 7) is 1.98. The molecule has 1 saturated carbocycles. The highest BCUT2D eigenvalue weighted by Crippen LogP contribution is 2.22. The number of Topliss-reactive ketones (excluding diaryl/α,β-unsaturated/α-hetero) is 1. The number of hydrogen-bond donors (Lipinski definition) is 1. The third-order valence-corrected chi connectivity index (χ3v) is 1.94. The molecule has 2 N–H and O–H groups in total. The number of nitrogens with two attached hydrogens (primary N) is 1. The van der Waals surface area contributed by atoms with E-state index in [1.54, 1.807) is 0 Å². The maximum absolute atomic E-state index is 11.0. The first-order valence-corrected chi connectivity index (χ1v) is 3.76. The van der Waals surface area contributed by atoms with E-state index in [0.717, 1.165) is 30.5 Å². The maximum Gasteiger partial charge on any atom is 0.160 e. The van der Waals surface area contributed by atoms with E-state index in [1.165, 1.54) is 0 Å². The number of carbonyl (C=O) groups is 1. The third-order valence-electron chi connectivity index (χ3n) is 1.94. The molecule has 0 radical (unpaired) electrons. The smallest absolute Gasteiger partial charge is 0.160 e. The van der Waals surface area contributed by atoms with Crippen molar-refractivity contribution < 1.29 is 4.79 Å². The molecule has 0 aliphatic heterocycles. The van der Waals surface area contributed by atoms with Gasteiger partial charge in [0.1, 0.15) is 0 Å². The van der Waals surface area contributed by atoms with Gasteiger partial charge in [0, 0.05) is 17.7 Å². The Labute approximate surface area is 61.1 Å². The fourth-order valence-electron chi connectivity index (χ4n) is 1.27. The molecular weight excluding hydrogens is 126 g/mol. The molecule has 0 amide bonds. The molecule has 0 heterocycles. The molecule has 2 heteroatoms. The largest absolute Gasteiger partial charge is 0.402 e. The fourth-order valence-corrected chi connectivity index (χ4v) is 1.27. The predicted octanol–water partition coefficient (Wildman–Crippen LogP) is 1.36. The van der Waals surface area contributed by atoms with Crippen molar-refractivity contribution in [2.75, 3.05) is 0 Å². The summed E-state index contributed by atoms with van der Waals surface area (Å²) >= 11 is 0. The summed E-state index contributed by atoms with van der Waals surface area (Å²) in [7, 11) is 0. The van der Waals surface area contributed by atoms with E-state index in [4.69, 9.17) is 5.73 Å².